The van der Waals surface area contributed by atoms with Gasteiger partial charge in [-0.1, -0.05) is 19.9 Å². The van der Waals surface area contributed by atoms with E-state index in [9.17, 15) is 0 Å². The fourth-order valence-electron chi connectivity index (χ4n) is 0.967. The first-order valence-corrected chi connectivity index (χ1v) is 6.37. The van der Waals surface area contributed by atoms with E-state index in [0.717, 1.165) is 11.3 Å². The Kier molecular flexibility index (Phi) is 16.7. The van der Waals surface area contributed by atoms with Gasteiger partial charge < -0.3 is 11.5 Å². The predicted molar refractivity (Wildman–Crippen MR) is 82.6 cm³/mol. The lowest BCUT2D eigenvalue weighted by Crippen LogP contribution is -1.94. The van der Waals surface area contributed by atoms with Gasteiger partial charge in [-0.05, 0) is 43.8 Å². The van der Waals surface area contributed by atoms with Gasteiger partial charge in [-0.3, -0.25) is 9.97 Å². The zero-order valence-corrected chi connectivity index (χ0v) is 12.4. The average molecular weight is 262 g/mol. The Balaban J connectivity index is 0. The van der Waals surface area contributed by atoms with Gasteiger partial charge in [-0.15, -0.1) is 0 Å². The molecule has 0 saturated heterocycles. The van der Waals surface area contributed by atoms with E-state index < -0.39 is 0 Å². The lowest BCUT2D eigenvalue weighted by molar-refractivity contribution is 1.06. The Labute approximate surface area is 116 Å². The van der Waals surface area contributed by atoms with E-state index >= 15 is 0 Å². The summed E-state index contributed by atoms with van der Waals surface area (Å²) in [4.78, 5) is 7.82. The van der Waals surface area contributed by atoms with Crippen LogP contribution in [0.25, 0.3) is 0 Å². The van der Waals surface area contributed by atoms with Crippen LogP contribution in [0, 0.1) is 6.92 Å². The Morgan fingerprint density at radius 2 is 1.53 bits per heavy atom. The van der Waals surface area contributed by atoms with Crippen LogP contribution < -0.4 is 11.5 Å². The van der Waals surface area contributed by atoms with Crippen LogP contribution in [0.2, 0.25) is 0 Å². The summed E-state index contributed by atoms with van der Waals surface area (Å²) in [5.74, 6) is 0. The number of hydrogen-bond donors (Lipinski definition) is 2. The molecule has 106 valence electrons. The molecule has 0 spiro atoms. The molecule has 2 aromatic heterocycles. The first-order valence-electron chi connectivity index (χ1n) is 6.37. The van der Waals surface area contributed by atoms with Crippen molar-refractivity contribution in [3.05, 3.63) is 60.2 Å². The van der Waals surface area contributed by atoms with Gasteiger partial charge in [-0.25, -0.2) is 0 Å². The molecule has 4 nitrogen and oxygen atoms in total. The van der Waals surface area contributed by atoms with Gasteiger partial charge in [0.1, 0.15) is 0 Å². The van der Waals surface area contributed by atoms with Crippen LogP contribution in [0.1, 0.15) is 25.1 Å². The normalized spacial score (nSPS) is 7.68. The summed E-state index contributed by atoms with van der Waals surface area (Å²) in [6, 6.07) is 9.66. The van der Waals surface area contributed by atoms with Gasteiger partial charge in [0.15, 0.2) is 0 Å². The van der Waals surface area contributed by atoms with Crippen molar-refractivity contribution in [1.82, 2.24) is 9.97 Å². The molecule has 0 amide bonds. The molecule has 0 radical (unpaired) electrons. The highest BCUT2D eigenvalue weighted by Crippen LogP contribution is 1.91. The third-order valence-corrected chi connectivity index (χ3v) is 1.80. The molecule has 2 aromatic rings. The topological polar surface area (TPSA) is 77.8 Å². The fraction of sp³-hybridized carbons (Fsp3) is 0.333. The maximum atomic E-state index is 5.32. The molecule has 0 bridgehead atoms. The molecule has 19 heavy (non-hydrogen) atoms. The second-order valence-corrected chi connectivity index (χ2v) is 3.03. The molecule has 4 heteroatoms. The second kappa shape index (κ2) is 16.2. The summed E-state index contributed by atoms with van der Waals surface area (Å²) in [5, 5.41) is 0. The number of nitrogens with two attached hydrogens (primary N) is 2. The fourth-order valence-corrected chi connectivity index (χ4v) is 0.967. The minimum Gasteiger partial charge on any atom is -0.333 e. The van der Waals surface area contributed by atoms with Gasteiger partial charge in [-0.2, -0.15) is 0 Å². The van der Waals surface area contributed by atoms with Gasteiger partial charge in [0.25, 0.3) is 0 Å². The molecular weight excluding hydrogens is 236 g/mol. The molecule has 2 rings (SSSR count). The monoisotopic (exact) mass is 262 g/mol. The maximum absolute atomic E-state index is 5.32. The van der Waals surface area contributed by atoms with E-state index in [1.54, 1.807) is 18.6 Å². The number of pyridine rings is 2. The largest absolute Gasteiger partial charge is 0.333 e. The van der Waals surface area contributed by atoms with Crippen LogP contribution in [0.3, 0.4) is 0 Å². The van der Waals surface area contributed by atoms with E-state index in [4.69, 9.17) is 5.73 Å². The van der Waals surface area contributed by atoms with Crippen molar-refractivity contribution in [2.24, 2.45) is 11.5 Å². The van der Waals surface area contributed by atoms with Crippen LogP contribution in [0.15, 0.2) is 48.9 Å². The quantitative estimate of drug-likeness (QED) is 0.828. The van der Waals surface area contributed by atoms with E-state index in [1.165, 1.54) is 7.05 Å². The van der Waals surface area contributed by atoms with Crippen molar-refractivity contribution in [3.63, 3.8) is 0 Å². The minimum atomic E-state index is 0.600. The van der Waals surface area contributed by atoms with Crippen molar-refractivity contribution < 1.29 is 0 Å². The lowest BCUT2D eigenvalue weighted by atomic mass is 10.3. The van der Waals surface area contributed by atoms with Gasteiger partial charge in [0.2, 0.25) is 0 Å². The van der Waals surface area contributed by atoms with Crippen LogP contribution in [0.4, 0.5) is 0 Å². The van der Waals surface area contributed by atoms with E-state index in [2.05, 4.69) is 15.7 Å². The van der Waals surface area contributed by atoms with Crippen molar-refractivity contribution in [2.75, 3.05) is 7.05 Å². The van der Waals surface area contributed by atoms with Crippen molar-refractivity contribution in [2.45, 2.75) is 27.3 Å². The summed E-state index contributed by atoms with van der Waals surface area (Å²) >= 11 is 0. The Morgan fingerprint density at radius 1 is 0.947 bits per heavy atom. The summed E-state index contributed by atoms with van der Waals surface area (Å²) in [5.41, 5.74) is 12.0. The standard InChI is InChI=1S/C6H8N2.C6H7N.C2H6.CH5N/c7-5-6-1-3-8-4-2-6;1-6-4-2-3-5-7-6;2*1-2/h1-4H,5,7H2;2-5H,1H3;1-2H3;2H2,1H3. The molecule has 0 saturated carbocycles. The van der Waals surface area contributed by atoms with Crippen LogP contribution in [-0.4, -0.2) is 17.0 Å². The maximum Gasteiger partial charge on any atom is 0.0372 e. The van der Waals surface area contributed by atoms with Crippen molar-refractivity contribution in [1.29, 1.82) is 0 Å². The molecule has 0 fully saturated rings. The van der Waals surface area contributed by atoms with Crippen molar-refractivity contribution in [3.8, 4) is 0 Å². The summed E-state index contributed by atoms with van der Waals surface area (Å²) in [6.45, 7) is 6.57. The summed E-state index contributed by atoms with van der Waals surface area (Å²) in [7, 11) is 1.50. The third kappa shape index (κ3) is 12.5. The van der Waals surface area contributed by atoms with Gasteiger partial charge in [0.05, 0.1) is 0 Å². The van der Waals surface area contributed by atoms with Crippen LogP contribution in [-0.2, 0) is 6.54 Å². The highest BCUT2D eigenvalue weighted by Gasteiger charge is 1.80. The molecule has 0 atom stereocenters. The Morgan fingerprint density at radius 3 is 1.79 bits per heavy atom. The zero-order valence-electron chi connectivity index (χ0n) is 12.4. The highest BCUT2D eigenvalue weighted by molar-refractivity contribution is 5.08. The van der Waals surface area contributed by atoms with E-state index in [1.807, 2.05) is 51.1 Å². The first-order chi connectivity index (χ1) is 9.33. The molecule has 0 aliphatic carbocycles. The SMILES string of the molecule is CC.CN.Cc1ccccn1.NCc1ccncc1. The highest BCUT2D eigenvalue weighted by atomic mass is 14.6. The van der Waals surface area contributed by atoms with Crippen LogP contribution in [0.5, 0.6) is 0 Å². The molecule has 0 aliphatic heterocycles. The zero-order chi connectivity index (χ0) is 14.9. The Hall–Kier alpha value is -1.78. The van der Waals surface area contributed by atoms with Gasteiger partial charge >= 0.3 is 0 Å². The minimum absolute atomic E-state index is 0.600. The summed E-state index contributed by atoms with van der Waals surface area (Å²) in [6.07, 6.45) is 5.26. The number of aryl methyl sites for hydroxylation is 1. The van der Waals surface area contributed by atoms with Gasteiger partial charge in [0, 0.05) is 30.8 Å². The number of nitrogens with zero attached hydrogens (tertiary/aromatic N) is 2. The van der Waals surface area contributed by atoms with Crippen molar-refractivity contribution >= 4 is 0 Å². The number of rotatable bonds is 1. The summed E-state index contributed by atoms with van der Waals surface area (Å²) < 4.78 is 0. The number of hydrogen-bond acceptors (Lipinski definition) is 4. The lowest BCUT2D eigenvalue weighted by Gasteiger charge is -1.89. The van der Waals surface area contributed by atoms with Crippen LogP contribution >= 0.6 is 0 Å². The molecule has 2 heterocycles. The molecule has 4 N–H and O–H groups in total. The predicted octanol–water partition coefficient (Wildman–Crippen LogP) is 2.53. The molecule has 0 aliphatic rings. The third-order valence-electron chi connectivity index (χ3n) is 1.80. The first kappa shape index (κ1) is 19.6. The molecule has 0 unspecified atom stereocenters. The molecule has 0 aromatic carbocycles. The average Bonchev–Trinajstić information content (AvgIpc) is 2.53. The van der Waals surface area contributed by atoms with E-state index in [0.29, 0.717) is 6.54 Å². The smallest absolute Gasteiger partial charge is 0.0372 e. The number of aromatic nitrogens is 2. The van der Waals surface area contributed by atoms with E-state index in [-0.39, 0.29) is 0 Å². The second-order valence-electron chi connectivity index (χ2n) is 3.03. The molecular formula is C15H26N4. The Bertz CT molecular complexity index is 362.